The third-order valence-corrected chi connectivity index (χ3v) is 5.67. The number of benzene rings is 1. The third-order valence-electron chi connectivity index (χ3n) is 4.71. The zero-order valence-corrected chi connectivity index (χ0v) is 16.2. The van der Waals surface area contributed by atoms with Gasteiger partial charge in [-0.1, -0.05) is 11.8 Å². The number of carbonyl (C=O) groups is 1. The molecule has 10 heteroatoms. The van der Waals surface area contributed by atoms with E-state index in [4.69, 9.17) is 10.5 Å². The van der Waals surface area contributed by atoms with Crippen LogP contribution in [0.5, 0.6) is 0 Å². The summed E-state index contributed by atoms with van der Waals surface area (Å²) in [6, 6.07) is 6.70. The molecule has 2 atom stereocenters. The smallest absolute Gasteiger partial charge is 0.274 e. The van der Waals surface area contributed by atoms with E-state index in [0.717, 1.165) is 12.3 Å². The van der Waals surface area contributed by atoms with Gasteiger partial charge >= 0.3 is 0 Å². The molecule has 28 heavy (non-hydrogen) atoms. The highest BCUT2D eigenvalue weighted by Gasteiger charge is 2.49. The van der Waals surface area contributed by atoms with Gasteiger partial charge in [0.05, 0.1) is 19.4 Å². The second-order valence-corrected chi connectivity index (χ2v) is 7.45. The summed E-state index contributed by atoms with van der Waals surface area (Å²) in [6.07, 6.45) is 0.960. The van der Waals surface area contributed by atoms with Crippen molar-refractivity contribution in [2.24, 2.45) is 16.6 Å². The second kappa shape index (κ2) is 8.02. The monoisotopic (exact) mass is 426 g/mol. The Labute approximate surface area is 170 Å². The van der Waals surface area contributed by atoms with Crippen LogP contribution in [0.3, 0.4) is 0 Å². The summed E-state index contributed by atoms with van der Waals surface area (Å²) in [5.41, 5.74) is 5.77. The highest BCUT2D eigenvalue weighted by molar-refractivity contribution is 8.13. The number of fused-ring (bicyclic) bond motifs is 1. The van der Waals surface area contributed by atoms with Gasteiger partial charge in [-0.25, -0.2) is 18.8 Å². The number of carbonyl (C=O) groups excluding carboxylic acids is 1. The van der Waals surface area contributed by atoms with Crippen LogP contribution in [-0.4, -0.2) is 35.0 Å². The summed E-state index contributed by atoms with van der Waals surface area (Å²) in [5, 5.41) is 3.05. The van der Waals surface area contributed by atoms with Crippen LogP contribution in [0, 0.1) is 17.6 Å². The Kier molecular flexibility index (Phi) is 5.87. The zero-order valence-electron chi connectivity index (χ0n) is 14.5. The summed E-state index contributed by atoms with van der Waals surface area (Å²) in [4.78, 5) is 20.6. The van der Waals surface area contributed by atoms with Crippen LogP contribution in [0.1, 0.15) is 16.1 Å². The number of hydrogen-bond donors (Lipinski definition) is 2. The fourth-order valence-corrected chi connectivity index (χ4v) is 4.31. The van der Waals surface area contributed by atoms with Crippen LogP contribution in [0.15, 0.2) is 41.5 Å². The van der Waals surface area contributed by atoms with E-state index in [1.807, 2.05) is 0 Å². The first-order valence-electron chi connectivity index (χ1n) is 8.27. The molecule has 3 N–H and O–H groups in total. The SMILES string of the molecule is Cl.NC1=N[C@@]2(c3cc(NC(=O)c4ccc(F)cn4)ccc3F)COC[C@H]2CS1. The van der Waals surface area contributed by atoms with Gasteiger partial charge in [0.1, 0.15) is 22.9 Å². The number of aliphatic imine (C=N–C) groups is 1. The van der Waals surface area contributed by atoms with Crippen molar-refractivity contribution in [3.05, 3.63) is 59.4 Å². The first-order valence-corrected chi connectivity index (χ1v) is 9.25. The van der Waals surface area contributed by atoms with Crippen LogP contribution in [0.25, 0.3) is 0 Å². The fourth-order valence-electron chi connectivity index (χ4n) is 3.33. The van der Waals surface area contributed by atoms with Crippen molar-refractivity contribution >= 4 is 40.9 Å². The summed E-state index contributed by atoms with van der Waals surface area (Å²) in [7, 11) is 0. The van der Waals surface area contributed by atoms with Gasteiger partial charge in [-0.3, -0.25) is 4.79 Å². The first kappa shape index (κ1) is 20.5. The number of nitrogens with one attached hydrogen (secondary N) is 1. The van der Waals surface area contributed by atoms with E-state index in [2.05, 4.69) is 15.3 Å². The maximum atomic E-state index is 14.7. The number of nitrogens with two attached hydrogens (primary N) is 1. The van der Waals surface area contributed by atoms with Crippen molar-refractivity contribution in [2.45, 2.75) is 5.54 Å². The van der Waals surface area contributed by atoms with E-state index in [1.54, 1.807) is 6.07 Å². The minimum Gasteiger partial charge on any atom is -0.379 e. The van der Waals surface area contributed by atoms with Gasteiger partial charge in [0.25, 0.3) is 5.91 Å². The number of ether oxygens (including phenoxy) is 1. The topological polar surface area (TPSA) is 89.6 Å². The highest BCUT2D eigenvalue weighted by Crippen LogP contribution is 2.45. The van der Waals surface area contributed by atoms with Crippen molar-refractivity contribution in [1.82, 2.24) is 4.98 Å². The lowest BCUT2D eigenvalue weighted by Crippen LogP contribution is -2.40. The molecule has 0 unspecified atom stereocenters. The van der Waals surface area contributed by atoms with Crippen molar-refractivity contribution in [1.29, 1.82) is 0 Å². The standard InChI is InChI=1S/C18H16F2N4O2S.ClH/c19-11-1-4-15(22-6-11)16(25)23-12-2-3-14(20)13(5-12)18-9-26-7-10(18)8-27-17(21)24-18;/h1-6,10H,7-9H2,(H2,21,24)(H,23,25);1H/t10-,18-;/m0./s1. The Morgan fingerprint density at radius 1 is 1.32 bits per heavy atom. The molecule has 0 spiro atoms. The largest absolute Gasteiger partial charge is 0.379 e. The third kappa shape index (κ3) is 3.69. The summed E-state index contributed by atoms with van der Waals surface area (Å²) < 4.78 is 33.2. The molecule has 6 nitrogen and oxygen atoms in total. The molecular formula is C18H17ClF2N4O2S. The van der Waals surface area contributed by atoms with Gasteiger partial charge in [-0.2, -0.15) is 0 Å². The molecule has 0 saturated carbocycles. The molecule has 0 radical (unpaired) electrons. The number of hydrogen-bond acceptors (Lipinski definition) is 6. The van der Waals surface area contributed by atoms with Gasteiger partial charge in [0.15, 0.2) is 5.17 Å². The molecule has 0 bridgehead atoms. The minimum atomic E-state index is -0.895. The number of thioether (sulfide) groups is 1. The Hall–Kier alpha value is -2.23. The van der Waals surface area contributed by atoms with Crippen LogP contribution in [0.2, 0.25) is 0 Å². The van der Waals surface area contributed by atoms with Gasteiger partial charge in [-0.05, 0) is 30.3 Å². The van der Waals surface area contributed by atoms with E-state index in [0.29, 0.717) is 28.8 Å². The molecular weight excluding hydrogens is 410 g/mol. The normalized spacial score (nSPS) is 23.4. The Bertz CT molecular complexity index is 928. The lowest BCUT2D eigenvalue weighted by molar-refractivity contribution is 0.102. The van der Waals surface area contributed by atoms with Gasteiger partial charge in [0.2, 0.25) is 0 Å². The molecule has 1 fully saturated rings. The van der Waals surface area contributed by atoms with Crippen molar-refractivity contribution in [3.63, 3.8) is 0 Å². The molecule has 1 aromatic heterocycles. The quantitative estimate of drug-likeness (QED) is 0.787. The number of aromatic nitrogens is 1. The fraction of sp³-hybridized carbons (Fsp3) is 0.278. The predicted octanol–water partition coefficient (Wildman–Crippen LogP) is 2.94. The first-order chi connectivity index (χ1) is 13.0. The average molecular weight is 427 g/mol. The predicted molar refractivity (Wildman–Crippen MR) is 106 cm³/mol. The molecule has 4 rings (SSSR count). The molecule has 2 aliphatic heterocycles. The van der Waals surface area contributed by atoms with E-state index in [9.17, 15) is 13.6 Å². The maximum Gasteiger partial charge on any atom is 0.274 e. The van der Waals surface area contributed by atoms with Gasteiger partial charge in [-0.15, -0.1) is 12.4 Å². The lowest BCUT2D eigenvalue weighted by Gasteiger charge is -2.34. The summed E-state index contributed by atoms with van der Waals surface area (Å²) in [5.74, 6) is -0.815. The molecule has 0 aliphatic carbocycles. The number of pyridine rings is 1. The number of rotatable bonds is 3. The van der Waals surface area contributed by atoms with Gasteiger partial charge < -0.3 is 15.8 Å². The van der Waals surface area contributed by atoms with Crippen molar-refractivity contribution < 1.29 is 18.3 Å². The van der Waals surface area contributed by atoms with Crippen LogP contribution >= 0.6 is 24.2 Å². The Balaban J connectivity index is 0.00000225. The van der Waals surface area contributed by atoms with E-state index >= 15 is 0 Å². The molecule has 1 saturated heterocycles. The molecule has 2 aromatic rings. The molecule has 2 aliphatic rings. The molecule has 3 heterocycles. The van der Waals surface area contributed by atoms with Crippen LogP contribution < -0.4 is 11.1 Å². The zero-order chi connectivity index (χ0) is 19.0. The van der Waals surface area contributed by atoms with E-state index < -0.39 is 23.1 Å². The highest BCUT2D eigenvalue weighted by atomic mass is 35.5. The minimum absolute atomic E-state index is 0. The number of anilines is 1. The number of amides is 1. The van der Waals surface area contributed by atoms with Crippen molar-refractivity contribution in [3.8, 4) is 0 Å². The summed E-state index contributed by atoms with van der Waals surface area (Å²) in [6.45, 7) is 0.700. The lowest BCUT2D eigenvalue weighted by atomic mass is 9.81. The van der Waals surface area contributed by atoms with E-state index in [-0.39, 0.29) is 30.6 Å². The van der Waals surface area contributed by atoms with Gasteiger partial charge in [0, 0.05) is 22.9 Å². The van der Waals surface area contributed by atoms with Crippen molar-refractivity contribution in [2.75, 3.05) is 24.3 Å². The number of nitrogens with zero attached hydrogens (tertiary/aromatic N) is 2. The number of halogens is 3. The number of amidine groups is 1. The Morgan fingerprint density at radius 2 is 2.14 bits per heavy atom. The van der Waals surface area contributed by atoms with Crippen LogP contribution in [0.4, 0.5) is 14.5 Å². The van der Waals surface area contributed by atoms with E-state index in [1.165, 1.54) is 30.0 Å². The summed E-state index contributed by atoms with van der Waals surface area (Å²) >= 11 is 1.42. The maximum absolute atomic E-state index is 14.7. The molecule has 1 amide bonds. The molecule has 1 aromatic carbocycles. The second-order valence-electron chi connectivity index (χ2n) is 6.41. The van der Waals surface area contributed by atoms with Crippen LogP contribution in [-0.2, 0) is 10.3 Å². The molecule has 148 valence electrons. The Morgan fingerprint density at radius 3 is 2.89 bits per heavy atom. The average Bonchev–Trinajstić information content (AvgIpc) is 3.07.